The van der Waals surface area contributed by atoms with Gasteiger partial charge in [-0.2, -0.15) is 0 Å². The van der Waals surface area contributed by atoms with E-state index in [0.29, 0.717) is 6.61 Å². The number of ketones is 1. The van der Waals surface area contributed by atoms with Gasteiger partial charge >= 0.3 is 0 Å². The molecule has 3 aromatic rings. The van der Waals surface area contributed by atoms with Crippen molar-refractivity contribution in [3.8, 4) is 11.4 Å². The third kappa shape index (κ3) is 2.80. The van der Waals surface area contributed by atoms with Crippen molar-refractivity contribution >= 4 is 16.7 Å². The molecule has 0 spiro atoms. The van der Waals surface area contributed by atoms with E-state index in [0.717, 1.165) is 40.8 Å². The van der Waals surface area contributed by atoms with Crippen LogP contribution < -0.4 is 0 Å². The van der Waals surface area contributed by atoms with Gasteiger partial charge in [0.2, 0.25) is 0 Å². The van der Waals surface area contributed by atoms with E-state index < -0.39 is 0 Å². The number of imidazole rings is 1. The monoisotopic (exact) mass is 322 g/mol. The summed E-state index contributed by atoms with van der Waals surface area (Å²) in [4.78, 5) is 25.5. The van der Waals surface area contributed by atoms with E-state index in [4.69, 9.17) is 9.72 Å². The third-order valence-electron chi connectivity index (χ3n) is 4.35. The van der Waals surface area contributed by atoms with Gasteiger partial charge in [-0.1, -0.05) is 0 Å². The molecule has 4 rings (SSSR count). The van der Waals surface area contributed by atoms with Crippen molar-refractivity contribution in [2.24, 2.45) is 7.05 Å². The van der Waals surface area contributed by atoms with E-state index in [9.17, 15) is 4.79 Å². The van der Waals surface area contributed by atoms with Crippen LogP contribution in [-0.4, -0.2) is 38.0 Å². The van der Waals surface area contributed by atoms with Crippen molar-refractivity contribution < 1.29 is 9.53 Å². The van der Waals surface area contributed by atoms with Gasteiger partial charge in [0.25, 0.3) is 0 Å². The second-order valence-corrected chi connectivity index (χ2v) is 6.10. The first-order valence-corrected chi connectivity index (χ1v) is 8.07. The Hall–Kier alpha value is -2.60. The molecule has 1 atom stereocenters. The number of fused-ring (bicyclic) bond motifs is 1. The maximum absolute atomic E-state index is 12.3. The Bertz CT molecular complexity index is 897. The lowest BCUT2D eigenvalue weighted by Gasteiger charge is -2.08. The largest absolute Gasteiger partial charge is 0.370 e. The summed E-state index contributed by atoms with van der Waals surface area (Å²) in [6, 6.07) is 5.84. The van der Waals surface area contributed by atoms with E-state index >= 15 is 0 Å². The molecule has 0 unspecified atom stereocenters. The first-order chi connectivity index (χ1) is 11.7. The fraction of sp³-hybridized carbons (Fsp3) is 0.333. The van der Waals surface area contributed by atoms with E-state index in [-0.39, 0.29) is 18.3 Å². The van der Waals surface area contributed by atoms with Crippen LogP contribution in [0.15, 0.2) is 36.9 Å². The third-order valence-corrected chi connectivity index (χ3v) is 4.35. The van der Waals surface area contributed by atoms with Crippen LogP contribution in [-0.2, 0) is 23.0 Å². The van der Waals surface area contributed by atoms with Gasteiger partial charge < -0.3 is 9.30 Å². The molecule has 4 heterocycles. The first-order valence-electron chi connectivity index (χ1n) is 8.07. The van der Waals surface area contributed by atoms with Crippen molar-refractivity contribution in [1.82, 2.24) is 19.5 Å². The number of pyridine rings is 2. The average Bonchev–Trinajstić information content (AvgIpc) is 3.25. The van der Waals surface area contributed by atoms with Crippen LogP contribution in [0.5, 0.6) is 0 Å². The molecule has 0 amide bonds. The highest BCUT2D eigenvalue weighted by molar-refractivity contribution is 5.86. The Morgan fingerprint density at radius 3 is 3.04 bits per heavy atom. The SMILES string of the molecule is Cn1cncc1-c1ccc2cnc(CC(=O)[C@H]3CCCO3)cc2n1. The van der Waals surface area contributed by atoms with Crippen LogP contribution >= 0.6 is 0 Å². The molecule has 3 aromatic heterocycles. The molecule has 0 bridgehead atoms. The molecule has 0 aromatic carbocycles. The number of aryl methyl sites for hydroxylation is 1. The minimum absolute atomic E-state index is 0.0992. The highest BCUT2D eigenvalue weighted by atomic mass is 16.5. The van der Waals surface area contributed by atoms with Gasteiger partial charge in [0, 0.05) is 30.9 Å². The number of carbonyl (C=O) groups is 1. The molecule has 0 radical (unpaired) electrons. The van der Waals surface area contributed by atoms with Gasteiger partial charge in [-0.3, -0.25) is 9.78 Å². The first kappa shape index (κ1) is 15.0. The van der Waals surface area contributed by atoms with Crippen LogP contribution in [0.25, 0.3) is 22.3 Å². The zero-order chi connectivity index (χ0) is 16.5. The van der Waals surface area contributed by atoms with E-state index in [1.807, 2.05) is 29.8 Å². The summed E-state index contributed by atoms with van der Waals surface area (Å²) in [6.45, 7) is 0.678. The summed E-state index contributed by atoms with van der Waals surface area (Å²) in [7, 11) is 1.94. The van der Waals surface area contributed by atoms with Gasteiger partial charge in [0.05, 0.1) is 35.8 Å². The van der Waals surface area contributed by atoms with Gasteiger partial charge in [-0.05, 0) is 31.0 Å². The van der Waals surface area contributed by atoms with Crippen molar-refractivity contribution in [3.05, 3.63) is 42.6 Å². The zero-order valence-corrected chi connectivity index (χ0v) is 13.5. The van der Waals surface area contributed by atoms with Crippen molar-refractivity contribution in [3.63, 3.8) is 0 Å². The number of hydrogen-bond acceptors (Lipinski definition) is 5. The zero-order valence-electron chi connectivity index (χ0n) is 13.5. The van der Waals surface area contributed by atoms with Crippen LogP contribution in [0.4, 0.5) is 0 Å². The smallest absolute Gasteiger partial charge is 0.167 e. The highest BCUT2D eigenvalue weighted by Crippen LogP contribution is 2.21. The van der Waals surface area contributed by atoms with Gasteiger partial charge in [-0.25, -0.2) is 9.97 Å². The molecule has 24 heavy (non-hydrogen) atoms. The maximum Gasteiger partial charge on any atom is 0.167 e. The molecular weight excluding hydrogens is 304 g/mol. The van der Waals surface area contributed by atoms with Gasteiger partial charge in [0.1, 0.15) is 6.10 Å². The van der Waals surface area contributed by atoms with Crippen molar-refractivity contribution in [2.75, 3.05) is 6.61 Å². The molecule has 1 aliphatic heterocycles. The molecule has 1 fully saturated rings. The molecule has 0 saturated carbocycles. The van der Waals surface area contributed by atoms with E-state index in [1.54, 1.807) is 18.7 Å². The average molecular weight is 322 g/mol. The van der Waals surface area contributed by atoms with Gasteiger partial charge in [-0.15, -0.1) is 0 Å². The molecule has 1 aliphatic rings. The minimum Gasteiger partial charge on any atom is -0.370 e. The molecule has 6 heteroatoms. The quantitative estimate of drug-likeness (QED) is 0.737. The Labute approximate surface area is 139 Å². The standard InChI is InChI=1S/C18H18N4O2/c1-22-11-19-10-16(22)14-5-4-12-9-20-13(7-15(12)21-14)8-17(23)18-3-2-6-24-18/h4-5,7,9-11,18H,2-3,6,8H2,1H3/t18-/m1/s1. The lowest BCUT2D eigenvalue weighted by atomic mass is 10.1. The number of hydrogen-bond donors (Lipinski definition) is 0. The lowest BCUT2D eigenvalue weighted by Crippen LogP contribution is -2.21. The summed E-state index contributed by atoms with van der Waals surface area (Å²) in [5.74, 6) is 0.0992. The second kappa shape index (κ2) is 6.13. The van der Waals surface area contributed by atoms with E-state index in [1.165, 1.54) is 0 Å². The number of nitrogens with zero attached hydrogens (tertiary/aromatic N) is 4. The predicted octanol–water partition coefficient (Wildman–Crippen LogP) is 2.32. The molecule has 0 N–H and O–H groups in total. The van der Waals surface area contributed by atoms with Crippen LogP contribution in [0.3, 0.4) is 0 Å². The number of Topliss-reactive ketones (excluding diaryl/α,β-unsaturated/α-hetero) is 1. The summed E-state index contributed by atoms with van der Waals surface area (Å²) >= 11 is 0. The Morgan fingerprint density at radius 2 is 2.29 bits per heavy atom. The molecule has 122 valence electrons. The summed E-state index contributed by atoms with van der Waals surface area (Å²) in [5.41, 5.74) is 3.37. The second-order valence-electron chi connectivity index (χ2n) is 6.10. The molecule has 1 saturated heterocycles. The minimum atomic E-state index is -0.267. The summed E-state index contributed by atoms with van der Waals surface area (Å²) < 4.78 is 7.38. The van der Waals surface area contributed by atoms with Crippen LogP contribution in [0, 0.1) is 0 Å². The van der Waals surface area contributed by atoms with Gasteiger partial charge in [0.15, 0.2) is 5.78 Å². The van der Waals surface area contributed by atoms with Crippen LogP contribution in [0.2, 0.25) is 0 Å². The lowest BCUT2D eigenvalue weighted by molar-refractivity contribution is -0.127. The molecule has 0 aliphatic carbocycles. The normalized spacial score (nSPS) is 17.5. The van der Waals surface area contributed by atoms with Crippen molar-refractivity contribution in [2.45, 2.75) is 25.4 Å². The Balaban J connectivity index is 1.64. The topological polar surface area (TPSA) is 69.9 Å². The van der Waals surface area contributed by atoms with Crippen molar-refractivity contribution in [1.29, 1.82) is 0 Å². The van der Waals surface area contributed by atoms with E-state index in [2.05, 4.69) is 9.97 Å². The maximum atomic E-state index is 12.3. The highest BCUT2D eigenvalue weighted by Gasteiger charge is 2.23. The fourth-order valence-electron chi connectivity index (χ4n) is 3.03. The summed E-state index contributed by atoms with van der Waals surface area (Å²) in [6.07, 6.45) is 7.10. The molecular formula is C18H18N4O2. The number of carbonyl (C=O) groups excluding carboxylic acids is 1. The number of aromatic nitrogens is 4. The number of ether oxygens (including phenoxy) is 1. The molecule has 6 nitrogen and oxygen atoms in total. The number of rotatable bonds is 4. The summed E-state index contributed by atoms with van der Waals surface area (Å²) in [5, 5.41) is 0.953. The van der Waals surface area contributed by atoms with Crippen LogP contribution in [0.1, 0.15) is 18.5 Å². The predicted molar refractivity (Wildman–Crippen MR) is 89.4 cm³/mol. The fourth-order valence-corrected chi connectivity index (χ4v) is 3.03. The Kier molecular flexibility index (Phi) is 3.82. The Morgan fingerprint density at radius 1 is 1.38 bits per heavy atom.